The molecular formula is C21H32FN5. The quantitative estimate of drug-likeness (QED) is 0.604. The number of benzene rings is 1. The molecule has 0 fully saturated rings. The fraction of sp³-hybridized carbons (Fsp3) is 0.524. The average Bonchev–Trinajstić information content (AvgIpc) is 2.85. The fourth-order valence-electron chi connectivity index (χ4n) is 3.21. The summed E-state index contributed by atoms with van der Waals surface area (Å²) < 4.78 is 15.1. The Kier molecular flexibility index (Phi) is 6.63. The molecule has 0 aliphatic heterocycles. The second-order valence-electron chi connectivity index (χ2n) is 7.84. The second-order valence-corrected chi connectivity index (χ2v) is 7.84. The van der Waals surface area contributed by atoms with Gasteiger partial charge >= 0.3 is 0 Å². The molecule has 1 atom stereocenters. The number of aromatic nitrogens is 2. The molecule has 1 aromatic carbocycles. The van der Waals surface area contributed by atoms with Gasteiger partial charge in [0, 0.05) is 37.8 Å². The largest absolute Gasteiger partial charge is 0.356 e. The van der Waals surface area contributed by atoms with Gasteiger partial charge in [-0.25, -0.2) is 4.39 Å². The van der Waals surface area contributed by atoms with Crippen LogP contribution >= 0.6 is 0 Å². The maximum Gasteiger partial charge on any atom is 0.191 e. The molecule has 0 saturated heterocycles. The predicted octanol–water partition coefficient (Wildman–Crippen LogP) is 3.25. The van der Waals surface area contributed by atoms with E-state index in [-0.39, 0.29) is 17.3 Å². The lowest BCUT2D eigenvalue weighted by atomic mass is 9.84. The third-order valence-electron chi connectivity index (χ3n) is 5.10. The van der Waals surface area contributed by atoms with E-state index in [1.54, 1.807) is 7.05 Å². The summed E-state index contributed by atoms with van der Waals surface area (Å²) in [6, 6.07) is 6.90. The van der Waals surface area contributed by atoms with Gasteiger partial charge in [-0.15, -0.1) is 0 Å². The van der Waals surface area contributed by atoms with Crippen LogP contribution in [0, 0.1) is 19.7 Å². The average molecular weight is 374 g/mol. The van der Waals surface area contributed by atoms with E-state index in [1.165, 1.54) is 23.4 Å². The zero-order chi connectivity index (χ0) is 20.2. The van der Waals surface area contributed by atoms with Gasteiger partial charge in [-0.2, -0.15) is 5.10 Å². The Labute approximate surface area is 162 Å². The zero-order valence-electron chi connectivity index (χ0n) is 17.5. The number of hydrogen-bond donors (Lipinski definition) is 2. The van der Waals surface area contributed by atoms with E-state index in [0.29, 0.717) is 6.54 Å². The van der Waals surface area contributed by atoms with Gasteiger partial charge in [-0.3, -0.25) is 9.67 Å². The number of hydrogen-bond acceptors (Lipinski definition) is 2. The highest BCUT2D eigenvalue weighted by Gasteiger charge is 2.21. The first-order valence-electron chi connectivity index (χ1n) is 9.36. The van der Waals surface area contributed by atoms with Crippen molar-refractivity contribution in [2.75, 3.05) is 13.6 Å². The molecule has 1 unspecified atom stereocenters. The molecule has 0 aliphatic rings. The molecule has 27 heavy (non-hydrogen) atoms. The highest BCUT2D eigenvalue weighted by atomic mass is 19.1. The van der Waals surface area contributed by atoms with Crippen molar-refractivity contribution in [1.29, 1.82) is 0 Å². The van der Waals surface area contributed by atoms with Crippen molar-refractivity contribution in [1.82, 2.24) is 20.4 Å². The minimum Gasteiger partial charge on any atom is -0.356 e. The maximum absolute atomic E-state index is 13.2. The molecule has 0 spiro atoms. The monoisotopic (exact) mass is 373 g/mol. The van der Waals surface area contributed by atoms with Crippen molar-refractivity contribution < 1.29 is 4.39 Å². The Morgan fingerprint density at radius 3 is 2.41 bits per heavy atom. The van der Waals surface area contributed by atoms with Gasteiger partial charge < -0.3 is 10.6 Å². The van der Waals surface area contributed by atoms with E-state index >= 15 is 0 Å². The lowest BCUT2D eigenvalue weighted by Crippen LogP contribution is -2.47. The Morgan fingerprint density at radius 1 is 1.26 bits per heavy atom. The number of aliphatic imine (C=N–C) groups is 1. The SMILES string of the molecule is CN=C(NCC(C)(C)c1ccc(F)cc1)NC(C)Cc1c(C)nn(C)c1C. The maximum atomic E-state index is 13.2. The Bertz CT molecular complexity index is 790. The highest BCUT2D eigenvalue weighted by Crippen LogP contribution is 2.22. The summed E-state index contributed by atoms with van der Waals surface area (Å²) in [4.78, 5) is 4.34. The molecule has 2 N–H and O–H groups in total. The van der Waals surface area contributed by atoms with Crippen LogP contribution in [-0.2, 0) is 18.9 Å². The fourth-order valence-corrected chi connectivity index (χ4v) is 3.21. The Morgan fingerprint density at radius 2 is 1.89 bits per heavy atom. The van der Waals surface area contributed by atoms with E-state index in [2.05, 4.69) is 48.4 Å². The number of guanidine groups is 1. The van der Waals surface area contributed by atoms with Crippen LogP contribution < -0.4 is 10.6 Å². The number of nitrogens with zero attached hydrogens (tertiary/aromatic N) is 3. The van der Waals surface area contributed by atoms with Crippen LogP contribution in [0.15, 0.2) is 29.3 Å². The standard InChI is InChI=1S/C21H32FN5/c1-14(12-19-15(2)26-27(7)16(19)3)25-20(23-6)24-13-21(4,5)17-8-10-18(22)11-9-17/h8-11,14H,12-13H2,1-7H3,(H2,23,24,25). The first-order chi connectivity index (χ1) is 12.6. The van der Waals surface area contributed by atoms with Crippen LogP contribution in [0.1, 0.15) is 43.3 Å². The highest BCUT2D eigenvalue weighted by molar-refractivity contribution is 5.80. The molecule has 0 radical (unpaired) electrons. The summed E-state index contributed by atoms with van der Waals surface area (Å²) in [7, 11) is 3.75. The third-order valence-corrected chi connectivity index (χ3v) is 5.10. The molecule has 6 heteroatoms. The minimum absolute atomic E-state index is 0.148. The molecule has 1 heterocycles. The third kappa shape index (κ3) is 5.31. The van der Waals surface area contributed by atoms with Crippen molar-refractivity contribution in [3.05, 3.63) is 52.6 Å². The lowest BCUT2D eigenvalue weighted by Gasteiger charge is -2.27. The molecule has 2 aromatic rings. The van der Waals surface area contributed by atoms with E-state index in [4.69, 9.17) is 0 Å². The number of rotatable bonds is 6. The van der Waals surface area contributed by atoms with Crippen molar-refractivity contribution in [3.63, 3.8) is 0 Å². The topological polar surface area (TPSA) is 54.2 Å². The lowest BCUT2D eigenvalue weighted by molar-refractivity contribution is 0.503. The number of aryl methyl sites for hydroxylation is 2. The molecule has 0 saturated carbocycles. The Hall–Kier alpha value is -2.37. The Balaban J connectivity index is 1.96. The second kappa shape index (κ2) is 8.55. The van der Waals surface area contributed by atoms with E-state index < -0.39 is 0 Å². The van der Waals surface area contributed by atoms with Crippen LogP contribution in [0.2, 0.25) is 0 Å². The van der Waals surface area contributed by atoms with E-state index in [9.17, 15) is 4.39 Å². The van der Waals surface area contributed by atoms with Crippen LogP contribution in [0.5, 0.6) is 0 Å². The summed E-state index contributed by atoms with van der Waals surface area (Å²) in [5, 5.41) is 11.3. The summed E-state index contributed by atoms with van der Waals surface area (Å²) >= 11 is 0. The van der Waals surface area contributed by atoms with Gasteiger partial charge in [0.1, 0.15) is 5.82 Å². The van der Waals surface area contributed by atoms with Gasteiger partial charge in [0.25, 0.3) is 0 Å². The van der Waals surface area contributed by atoms with E-state index in [0.717, 1.165) is 23.6 Å². The molecule has 0 amide bonds. The summed E-state index contributed by atoms with van der Waals surface area (Å²) in [5.41, 5.74) is 4.48. The summed E-state index contributed by atoms with van der Waals surface area (Å²) in [6.07, 6.45) is 0.883. The molecule has 148 valence electrons. The number of nitrogens with one attached hydrogen (secondary N) is 2. The first-order valence-corrected chi connectivity index (χ1v) is 9.36. The predicted molar refractivity (Wildman–Crippen MR) is 110 cm³/mol. The van der Waals surface area contributed by atoms with Gasteiger partial charge in [0.15, 0.2) is 5.96 Å². The zero-order valence-corrected chi connectivity index (χ0v) is 17.5. The van der Waals surface area contributed by atoms with Crippen LogP contribution in [-0.4, -0.2) is 35.4 Å². The van der Waals surface area contributed by atoms with Gasteiger partial charge in [0.2, 0.25) is 0 Å². The van der Waals surface area contributed by atoms with Crippen LogP contribution in [0.4, 0.5) is 4.39 Å². The van der Waals surface area contributed by atoms with Gasteiger partial charge in [0.05, 0.1) is 5.69 Å². The van der Waals surface area contributed by atoms with Gasteiger partial charge in [-0.05, 0) is 50.5 Å². The first kappa shape index (κ1) is 20.9. The molecule has 2 rings (SSSR count). The van der Waals surface area contributed by atoms with E-state index in [1.807, 2.05) is 30.8 Å². The van der Waals surface area contributed by atoms with Crippen molar-refractivity contribution in [2.45, 2.75) is 52.5 Å². The van der Waals surface area contributed by atoms with Crippen LogP contribution in [0.3, 0.4) is 0 Å². The van der Waals surface area contributed by atoms with Crippen molar-refractivity contribution >= 4 is 5.96 Å². The molecule has 0 aliphatic carbocycles. The van der Waals surface area contributed by atoms with Crippen molar-refractivity contribution in [2.24, 2.45) is 12.0 Å². The van der Waals surface area contributed by atoms with Gasteiger partial charge in [-0.1, -0.05) is 26.0 Å². The summed E-state index contributed by atoms with van der Waals surface area (Å²) in [6.45, 7) is 11.2. The molecule has 1 aromatic heterocycles. The van der Waals surface area contributed by atoms with Crippen molar-refractivity contribution in [3.8, 4) is 0 Å². The summed E-state index contributed by atoms with van der Waals surface area (Å²) in [5.74, 6) is 0.548. The van der Waals surface area contributed by atoms with Crippen LogP contribution in [0.25, 0.3) is 0 Å². The minimum atomic E-state index is -0.213. The number of halogens is 1. The molecule has 0 bridgehead atoms. The molecular weight excluding hydrogens is 341 g/mol. The smallest absolute Gasteiger partial charge is 0.191 e. The normalized spacial score (nSPS) is 13.6. The molecule has 5 nitrogen and oxygen atoms in total.